The van der Waals surface area contributed by atoms with Crippen molar-refractivity contribution in [1.82, 2.24) is 0 Å². The van der Waals surface area contributed by atoms with Gasteiger partial charge in [-0.3, -0.25) is 0 Å². The molecule has 3 N–H and O–H groups in total. The van der Waals surface area contributed by atoms with E-state index in [-0.39, 0.29) is 13.2 Å². The van der Waals surface area contributed by atoms with Gasteiger partial charge in [0.25, 0.3) is 0 Å². The predicted molar refractivity (Wildman–Crippen MR) is 71.8 cm³/mol. The summed E-state index contributed by atoms with van der Waals surface area (Å²) in [6.45, 7) is 3.52. The van der Waals surface area contributed by atoms with Crippen LogP contribution < -0.4 is 5.73 Å². The van der Waals surface area contributed by atoms with Crippen molar-refractivity contribution in [3.63, 3.8) is 0 Å². The van der Waals surface area contributed by atoms with Gasteiger partial charge in [-0.25, -0.2) is 0 Å². The van der Waals surface area contributed by atoms with Crippen molar-refractivity contribution in [2.75, 3.05) is 13.2 Å². The molecule has 0 heterocycles. The maximum atomic E-state index is 10.2. The molecule has 1 unspecified atom stereocenters. The molecule has 0 rings (SSSR count). The lowest BCUT2D eigenvalue weighted by molar-refractivity contribution is 0.188. The summed E-state index contributed by atoms with van der Waals surface area (Å²) in [7, 11) is 0. The van der Waals surface area contributed by atoms with E-state index >= 15 is 0 Å². The lowest BCUT2D eigenvalue weighted by Gasteiger charge is -2.23. The highest BCUT2D eigenvalue weighted by molar-refractivity contribution is 4.85. The van der Waals surface area contributed by atoms with Gasteiger partial charge in [0.05, 0.1) is 12.1 Å². The van der Waals surface area contributed by atoms with Gasteiger partial charge in [-0.2, -0.15) is 4.91 Å². The van der Waals surface area contributed by atoms with Crippen molar-refractivity contribution < 1.29 is 5.11 Å². The average Bonchev–Trinajstić information content (AvgIpc) is 2.33. The highest BCUT2D eigenvalue weighted by Crippen LogP contribution is 2.14. The summed E-state index contributed by atoms with van der Waals surface area (Å²) in [5, 5.41) is 11.9. The van der Waals surface area contributed by atoms with Crippen LogP contribution in [0.1, 0.15) is 51.4 Å². The molecule has 17 heavy (non-hydrogen) atoms. The molecule has 0 amide bonds. The number of rotatable bonds is 12. The van der Waals surface area contributed by atoms with Gasteiger partial charge in [0.2, 0.25) is 0 Å². The largest absolute Gasteiger partial charge is 0.394 e. The molecule has 0 aliphatic rings. The Bertz CT molecular complexity index is 210. The van der Waals surface area contributed by atoms with Crippen LogP contribution in [0.25, 0.3) is 0 Å². The van der Waals surface area contributed by atoms with Crippen molar-refractivity contribution >= 4 is 0 Å². The average molecular weight is 242 g/mol. The quantitative estimate of drug-likeness (QED) is 0.314. The minimum atomic E-state index is -0.801. The van der Waals surface area contributed by atoms with Crippen molar-refractivity contribution in [3.05, 3.63) is 17.6 Å². The predicted octanol–water partition coefficient (Wildman–Crippen LogP) is 2.75. The third-order valence-corrected chi connectivity index (χ3v) is 3.03. The zero-order valence-corrected chi connectivity index (χ0v) is 10.7. The van der Waals surface area contributed by atoms with E-state index in [4.69, 9.17) is 10.8 Å². The second-order valence-electron chi connectivity index (χ2n) is 4.76. The summed E-state index contributed by atoms with van der Waals surface area (Å²) in [5.41, 5.74) is 5.03. The zero-order chi connectivity index (χ0) is 13.0. The highest BCUT2D eigenvalue weighted by atomic mass is 16.3. The van der Waals surface area contributed by atoms with E-state index in [1.54, 1.807) is 0 Å². The first-order valence-electron chi connectivity index (χ1n) is 6.48. The molecule has 4 nitrogen and oxygen atoms in total. The third-order valence-electron chi connectivity index (χ3n) is 3.03. The Labute approximate surface area is 104 Å². The second-order valence-corrected chi connectivity index (χ2v) is 4.76. The summed E-state index contributed by atoms with van der Waals surface area (Å²) in [6, 6.07) is 0. The monoisotopic (exact) mass is 242 g/mol. The van der Waals surface area contributed by atoms with Crippen LogP contribution in [0, 0.1) is 4.91 Å². The molecule has 0 aromatic heterocycles. The number of nitrogens with two attached hydrogens (primary N) is 1. The van der Waals surface area contributed by atoms with Crippen LogP contribution in [0.4, 0.5) is 0 Å². The van der Waals surface area contributed by atoms with E-state index < -0.39 is 5.54 Å². The van der Waals surface area contributed by atoms with Crippen molar-refractivity contribution in [1.29, 1.82) is 0 Å². The van der Waals surface area contributed by atoms with E-state index in [1.165, 1.54) is 25.7 Å². The van der Waals surface area contributed by atoms with E-state index in [0.29, 0.717) is 6.42 Å². The topological polar surface area (TPSA) is 75.7 Å². The first-order chi connectivity index (χ1) is 8.18. The second kappa shape index (κ2) is 10.4. The third kappa shape index (κ3) is 9.01. The standard InChI is InChI=1S/C13H26N2O2/c1-2-3-4-5-6-7-8-9-10-13(14,12-16)11-15-17/h2,16H,1,3-12,14H2. The fourth-order valence-electron chi connectivity index (χ4n) is 1.81. The fourth-order valence-corrected chi connectivity index (χ4v) is 1.81. The Morgan fingerprint density at radius 3 is 2.29 bits per heavy atom. The Balaban J connectivity index is 3.42. The molecule has 0 bridgehead atoms. The van der Waals surface area contributed by atoms with Crippen molar-refractivity contribution in [2.24, 2.45) is 10.9 Å². The number of unbranched alkanes of at least 4 members (excludes halogenated alkanes) is 6. The van der Waals surface area contributed by atoms with Crippen LogP contribution in [0.15, 0.2) is 17.8 Å². The molecule has 0 radical (unpaired) electrons. The summed E-state index contributed by atoms with van der Waals surface area (Å²) < 4.78 is 0. The number of nitrogens with zero attached hydrogens (tertiary/aromatic N) is 1. The minimum Gasteiger partial charge on any atom is -0.394 e. The van der Waals surface area contributed by atoms with Crippen LogP contribution in [-0.2, 0) is 0 Å². The Hall–Kier alpha value is -0.740. The van der Waals surface area contributed by atoms with E-state index in [1.807, 2.05) is 6.08 Å². The molecule has 0 saturated heterocycles. The van der Waals surface area contributed by atoms with Crippen LogP contribution in [0.3, 0.4) is 0 Å². The molecule has 0 aromatic carbocycles. The maximum absolute atomic E-state index is 10.2. The van der Waals surface area contributed by atoms with Gasteiger partial charge in [-0.05, 0) is 19.3 Å². The van der Waals surface area contributed by atoms with Crippen LogP contribution >= 0.6 is 0 Å². The number of aliphatic hydroxyl groups is 1. The molecule has 0 saturated carbocycles. The van der Waals surface area contributed by atoms with Crippen LogP contribution in [0.5, 0.6) is 0 Å². The molecule has 0 spiro atoms. The molecule has 1 atom stereocenters. The summed E-state index contributed by atoms with van der Waals surface area (Å²) in [5.74, 6) is 0. The number of nitroso groups, excluding NO2 is 1. The molecule has 100 valence electrons. The van der Waals surface area contributed by atoms with Crippen LogP contribution in [-0.4, -0.2) is 23.8 Å². The minimum absolute atomic E-state index is 0.00281. The molecule has 0 aliphatic carbocycles. The van der Waals surface area contributed by atoms with Gasteiger partial charge in [-0.1, -0.05) is 43.4 Å². The SMILES string of the molecule is C=CCCCCCCCCC(N)(CO)CN=O. The lowest BCUT2D eigenvalue weighted by Crippen LogP contribution is -2.46. The molecular formula is C13H26N2O2. The van der Waals surface area contributed by atoms with Gasteiger partial charge < -0.3 is 10.8 Å². The first kappa shape index (κ1) is 16.3. The lowest BCUT2D eigenvalue weighted by atomic mass is 9.94. The number of hydrogen-bond donors (Lipinski definition) is 2. The molecular weight excluding hydrogens is 216 g/mol. The van der Waals surface area contributed by atoms with E-state index in [2.05, 4.69) is 11.8 Å². The van der Waals surface area contributed by atoms with E-state index in [0.717, 1.165) is 19.3 Å². The highest BCUT2D eigenvalue weighted by Gasteiger charge is 2.23. The molecule has 0 fully saturated rings. The normalized spacial score (nSPS) is 14.2. The number of hydrogen-bond acceptors (Lipinski definition) is 4. The molecule has 0 aliphatic heterocycles. The Morgan fingerprint density at radius 1 is 1.18 bits per heavy atom. The summed E-state index contributed by atoms with van der Waals surface area (Å²) in [6.07, 6.45) is 10.7. The number of allylic oxidation sites excluding steroid dienone is 1. The molecule has 0 aromatic rings. The smallest absolute Gasteiger partial charge is 0.101 e. The maximum Gasteiger partial charge on any atom is 0.101 e. The molecule has 4 heteroatoms. The number of aliphatic hydroxyl groups excluding tert-OH is 1. The van der Waals surface area contributed by atoms with Gasteiger partial charge in [0.15, 0.2) is 0 Å². The first-order valence-corrected chi connectivity index (χ1v) is 6.48. The van der Waals surface area contributed by atoms with Crippen molar-refractivity contribution in [3.8, 4) is 0 Å². The van der Waals surface area contributed by atoms with Crippen molar-refractivity contribution in [2.45, 2.75) is 56.9 Å². The van der Waals surface area contributed by atoms with Gasteiger partial charge >= 0.3 is 0 Å². The van der Waals surface area contributed by atoms with E-state index in [9.17, 15) is 4.91 Å². The zero-order valence-electron chi connectivity index (χ0n) is 10.7. The summed E-state index contributed by atoms with van der Waals surface area (Å²) >= 11 is 0. The van der Waals surface area contributed by atoms with Gasteiger partial charge in [0, 0.05) is 0 Å². The van der Waals surface area contributed by atoms with Gasteiger partial charge in [0.1, 0.15) is 6.54 Å². The Morgan fingerprint density at radius 2 is 1.76 bits per heavy atom. The summed E-state index contributed by atoms with van der Waals surface area (Å²) in [4.78, 5) is 10.2. The van der Waals surface area contributed by atoms with Crippen LogP contribution in [0.2, 0.25) is 0 Å². The fraction of sp³-hybridized carbons (Fsp3) is 0.846. The van der Waals surface area contributed by atoms with Gasteiger partial charge in [-0.15, -0.1) is 6.58 Å². The Kier molecular flexibility index (Phi) is 9.96.